The third kappa shape index (κ3) is 6.47. The summed E-state index contributed by atoms with van der Waals surface area (Å²) < 4.78 is 12.0. The van der Waals surface area contributed by atoms with Crippen molar-refractivity contribution in [1.82, 2.24) is 9.80 Å². The predicted octanol–water partition coefficient (Wildman–Crippen LogP) is 6.40. The number of fused-ring (bicyclic) bond motifs is 1. The number of methoxy groups -OCH3 is 1. The summed E-state index contributed by atoms with van der Waals surface area (Å²) in [6, 6.07) is 10.5. The molecule has 0 unspecified atom stereocenters. The molecule has 0 bridgehead atoms. The van der Waals surface area contributed by atoms with Crippen LogP contribution in [0.15, 0.2) is 53.8 Å². The monoisotopic (exact) mass is 590 g/mol. The van der Waals surface area contributed by atoms with Gasteiger partial charge in [0.15, 0.2) is 0 Å². The van der Waals surface area contributed by atoms with Crippen molar-refractivity contribution in [2.24, 2.45) is 16.7 Å². The molecule has 7 nitrogen and oxygen atoms in total. The van der Waals surface area contributed by atoms with Gasteiger partial charge in [-0.05, 0) is 81.3 Å². The number of ether oxygens (including phenoxy) is 2. The number of allylic oxidation sites excluding steroid dienone is 1. The van der Waals surface area contributed by atoms with Crippen molar-refractivity contribution in [2.75, 3.05) is 26.7 Å². The minimum atomic E-state index is -1.14. The number of hydrogen-bond donors (Lipinski definition) is 0. The number of carbonyl (C=O) groups is 3. The third-order valence-electron chi connectivity index (χ3n) is 10.3. The molecule has 0 aromatic heterocycles. The van der Waals surface area contributed by atoms with E-state index in [1.165, 1.54) is 31.1 Å². The molecule has 4 atom stereocenters. The number of carbonyl (C=O) groups excluding carboxylic acids is 3. The number of likely N-dealkylation sites (tertiary alicyclic amines) is 2. The second-order valence-electron chi connectivity index (χ2n) is 14.1. The fourth-order valence-electron chi connectivity index (χ4n) is 7.59. The Morgan fingerprint density at radius 2 is 1.81 bits per heavy atom. The van der Waals surface area contributed by atoms with Crippen LogP contribution in [0.2, 0.25) is 0 Å². The third-order valence-corrected chi connectivity index (χ3v) is 10.3. The largest absolute Gasteiger partial charge is 0.468 e. The topological polar surface area (TPSA) is 76.2 Å². The number of benzene rings is 1. The van der Waals surface area contributed by atoms with Crippen molar-refractivity contribution in [1.29, 1.82) is 0 Å². The van der Waals surface area contributed by atoms with Crippen LogP contribution in [0.3, 0.4) is 0 Å². The smallest absolute Gasteiger partial charge is 0.320 e. The van der Waals surface area contributed by atoms with Crippen molar-refractivity contribution in [3.05, 3.63) is 59.3 Å². The number of nitrogens with zero attached hydrogens (tertiary/aromatic N) is 2. The van der Waals surface area contributed by atoms with Gasteiger partial charge in [0.05, 0.1) is 19.3 Å². The van der Waals surface area contributed by atoms with Gasteiger partial charge >= 0.3 is 5.97 Å². The van der Waals surface area contributed by atoms with Crippen molar-refractivity contribution in [3.8, 4) is 0 Å². The van der Waals surface area contributed by atoms with Gasteiger partial charge in [0.1, 0.15) is 5.41 Å². The highest BCUT2D eigenvalue weighted by Crippen LogP contribution is 2.52. The number of hydrogen-bond acceptors (Lipinski definition) is 5. The van der Waals surface area contributed by atoms with E-state index < -0.39 is 23.4 Å². The molecule has 234 valence electrons. The molecular formula is C36H50N2O5. The molecule has 2 fully saturated rings. The summed E-state index contributed by atoms with van der Waals surface area (Å²) in [5.74, 6) is -0.639. The SMILES string of the molecule is COC(=O)[C@]12C[C@H](CC(=O)N3CCC(c4ccccc4)CC3)C(=O)N(CCC3=CCCCC3)C1=C[C@H](C(C)(C)C)O[C@@H]2C. The van der Waals surface area contributed by atoms with Crippen LogP contribution in [-0.2, 0) is 23.9 Å². The Kier molecular flexibility index (Phi) is 9.50. The number of esters is 1. The van der Waals surface area contributed by atoms with Crippen molar-refractivity contribution >= 4 is 17.8 Å². The molecule has 5 rings (SSSR count). The minimum Gasteiger partial charge on any atom is -0.468 e. The average molecular weight is 591 g/mol. The lowest BCUT2D eigenvalue weighted by atomic mass is 9.65. The van der Waals surface area contributed by atoms with Crippen LogP contribution in [0.1, 0.15) is 97.0 Å². The van der Waals surface area contributed by atoms with E-state index in [-0.39, 0.29) is 36.2 Å². The zero-order valence-corrected chi connectivity index (χ0v) is 26.8. The standard InChI is InChI=1S/C36H50N2O5/c1-25-36(34(41)42-5)24-29(22-32(39)37-19-17-28(18-20-37)27-14-10-7-11-15-27)33(40)38(21-16-26-12-8-6-9-13-26)30(36)23-31(43-25)35(2,3)4/h7,10-12,14-15,23,25,28-29,31H,6,8-9,13,16-22,24H2,1-5H3/t25-,29+,31-,36+/m1/s1. The van der Waals surface area contributed by atoms with Gasteiger partial charge in [-0.25, -0.2) is 0 Å². The Labute approximate surface area is 257 Å². The zero-order chi connectivity index (χ0) is 30.8. The summed E-state index contributed by atoms with van der Waals surface area (Å²) in [5, 5.41) is 0. The summed E-state index contributed by atoms with van der Waals surface area (Å²) in [4.78, 5) is 45.6. The van der Waals surface area contributed by atoms with Gasteiger partial charge in [0.2, 0.25) is 11.8 Å². The van der Waals surface area contributed by atoms with Crippen molar-refractivity contribution in [2.45, 2.75) is 104 Å². The number of rotatable bonds is 7. The molecule has 0 N–H and O–H groups in total. The highest BCUT2D eigenvalue weighted by molar-refractivity contribution is 5.92. The van der Waals surface area contributed by atoms with Crippen LogP contribution in [0.5, 0.6) is 0 Å². The van der Waals surface area contributed by atoms with Crippen molar-refractivity contribution < 1.29 is 23.9 Å². The van der Waals surface area contributed by atoms with E-state index >= 15 is 0 Å². The molecule has 3 heterocycles. The Bertz CT molecular complexity index is 1240. The Morgan fingerprint density at radius 1 is 1.09 bits per heavy atom. The Morgan fingerprint density at radius 3 is 2.44 bits per heavy atom. The molecule has 0 saturated carbocycles. The predicted molar refractivity (Wildman–Crippen MR) is 167 cm³/mol. The maximum Gasteiger partial charge on any atom is 0.320 e. The lowest BCUT2D eigenvalue weighted by molar-refractivity contribution is -0.180. The number of amides is 2. The highest BCUT2D eigenvalue weighted by atomic mass is 16.5. The maximum atomic E-state index is 14.3. The van der Waals surface area contributed by atoms with Gasteiger partial charge in [-0.15, -0.1) is 0 Å². The summed E-state index contributed by atoms with van der Waals surface area (Å²) in [6.45, 7) is 10.1. The molecule has 0 spiro atoms. The zero-order valence-electron chi connectivity index (χ0n) is 26.8. The summed E-state index contributed by atoms with van der Waals surface area (Å²) >= 11 is 0. The molecule has 2 amide bonds. The van der Waals surface area contributed by atoms with Gasteiger partial charge in [0, 0.05) is 37.7 Å². The first-order valence-corrected chi connectivity index (χ1v) is 16.3. The number of piperidine rings is 2. The fraction of sp³-hybridized carbons (Fsp3) is 0.639. The van der Waals surface area contributed by atoms with E-state index in [4.69, 9.17) is 9.47 Å². The van der Waals surface area contributed by atoms with Crippen LogP contribution < -0.4 is 0 Å². The Balaban J connectivity index is 1.40. The molecule has 0 radical (unpaired) electrons. The second-order valence-corrected chi connectivity index (χ2v) is 14.1. The minimum absolute atomic E-state index is 0.0100. The first-order valence-electron chi connectivity index (χ1n) is 16.3. The summed E-state index contributed by atoms with van der Waals surface area (Å²) in [5.41, 5.74) is 2.03. The lowest BCUT2D eigenvalue weighted by Gasteiger charge is -2.53. The van der Waals surface area contributed by atoms with Gasteiger partial charge in [-0.3, -0.25) is 14.4 Å². The quantitative estimate of drug-likeness (QED) is 0.271. The first kappa shape index (κ1) is 31.5. The van der Waals surface area contributed by atoms with Crippen LogP contribution in [-0.4, -0.2) is 66.5 Å². The average Bonchev–Trinajstić information content (AvgIpc) is 3.01. The highest BCUT2D eigenvalue weighted by Gasteiger charge is 2.60. The normalized spacial score (nSPS) is 28.6. The van der Waals surface area contributed by atoms with E-state index in [2.05, 4.69) is 51.1 Å². The molecule has 43 heavy (non-hydrogen) atoms. The molecule has 2 saturated heterocycles. The van der Waals surface area contributed by atoms with Crippen molar-refractivity contribution in [3.63, 3.8) is 0 Å². The van der Waals surface area contributed by atoms with Gasteiger partial charge in [-0.2, -0.15) is 0 Å². The van der Waals surface area contributed by atoms with E-state index in [0.29, 0.717) is 31.2 Å². The molecule has 1 aromatic rings. The summed E-state index contributed by atoms with van der Waals surface area (Å²) in [7, 11) is 1.40. The lowest BCUT2D eigenvalue weighted by Crippen LogP contribution is -2.61. The molecular weight excluding hydrogens is 540 g/mol. The van der Waals surface area contributed by atoms with Crippen LogP contribution in [0, 0.1) is 16.7 Å². The Hall–Kier alpha value is -2.93. The first-order chi connectivity index (χ1) is 20.5. The fourth-order valence-corrected chi connectivity index (χ4v) is 7.59. The van der Waals surface area contributed by atoms with Gasteiger partial charge in [-0.1, -0.05) is 62.8 Å². The maximum absolute atomic E-state index is 14.3. The van der Waals surface area contributed by atoms with Crippen LogP contribution >= 0.6 is 0 Å². The van der Waals surface area contributed by atoms with E-state index in [9.17, 15) is 14.4 Å². The molecule has 1 aromatic carbocycles. The van der Waals surface area contributed by atoms with Crippen LogP contribution in [0.4, 0.5) is 0 Å². The van der Waals surface area contributed by atoms with E-state index in [1.54, 1.807) is 0 Å². The van der Waals surface area contributed by atoms with Crippen LogP contribution in [0.25, 0.3) is 0 Å². The van der Waals surface area contributed by atoms with E-state index in [0.717, 1.165) is 32.1 Å². The molecule has 1 aliphatic carbocycles. The second kappa shape index (κ2) is 13.0. The molecule has 7 heteroatoms. The molecule has 4 aliphatic rings. The van der Waals surface area contributed by atoms with Gasteiger partial charge < -0.3 is 19.3 Å². The van der Waals surface area contributed by atoms with Gasteiger partial charge in [0.25, 0.3) is 0 Å². The summed E-state index contributed by atoms with van der Waals surface area (Å²) in [6.07, 6.45) is 10.9. The molecule has 3 aliphatic heterocycles. The van der Waals surface area contributed by atoms with E-state index in [1.807, 2.05) is 28.9 Å².